The molecular weight excluding hydrogens is 376 g/mol. The Hall–Kier alpha value is -2.53. The highest BCUT2D eigenvalue weighted by Gasteiger charge is 2.15. The van der Waals surface area contributed by atoms with Gasteiger partial charge in [-0.25, -0.2) is 0 Å². The summed E-state index contributed by atoms with van der Waals surface area (Å²) in [5.41, 5.74) is 2.34. The second kappa shape index (κ2) is 11.0. The zero-order valence-corrected chi connectivity index (χ0v) is 18.5. The lowest BCUT2D eigenvalue weighted by Crippen LogP contribution is -2.33. The Kier molecular flexibility index (Phi) is 8.14. The molecule has 0 unspecified atom stereocenters. The van der Waals surface area contributed by atoms with E-state index in [9.17, 15) is 4.79 Å². The summed E-state index contributed by atoms with van der Waals surface area (Å²) in [6.07, 6.45) is 2.24. The van der Waals surface area contributed by atoms with Crippen molar-refractivity contribution in [3.63, 3.8) is 0 Å². The van der Waals surface area contributed by atoms with E-state index >= 15 is 0 Å². The molecule has 30 heavy (non-hydrogen) atoms. The minimum absolute atomic E-state index is 0.113. The molecule has 5 heteroatoms. The number of rotatable bonds is 4. The summed E-state index contributed by atoms with van der Waals surface area (Å²) in [5.74, 6) is 1.90. The second-order valence-corrected chi connectivity index (χ2v) is 8.19. The quantitative estimate of drug-likeness (QED) is 0.744. The average Bonchev–Trinajstić information content (AvgIpc) is 2.70. The smallest absolute Gasteiger partial charge is 0.219 e. The Balaban J connectivity index is 1.66. The van der Waals surface area contributed by atoms with Crippen molar-refractivity contribution < 1.29 is 14.3 Å². The first kappa shape index (κ1) is 22.2. The van der Waals surface area contributed by atoms with E-state index in [4.69, 9.17) is 9.47 Å². The number of carbonyl (C=O) groups is 1. The van der Waals surface area contributed by atoms with E-state index in [-0.39, 0.29) is 12.0 Å². The van der Waals surface area contributed by atoms with Crippen LogP contribution in [0.4, 0.5) is 0 Å². The second-order valence-electron chi connectivity index (χ2n) is 8.19. The van der Waals surface area contributed by atoms with Crippen molar-refractivity contribution in [1.29, 1.82) is 0 Å². The molecule has 1 amide bonds. The van der Waals surface area contributed by atoms with Crippen LogP contribution in [-0.2, 0) is 17.9 Å². The van der Waals surface area contributed by atoms with Gasteiger partial charge in [-0.1, -0.05) is 30.3 Å². The number of nitrogens with zero attached hydrogens (tertiary/aromatic N) is 2. The Labute approximate surface area is 180 Å². The average molecular weight is 411 g/mol. The van der Waals surface area contributed by atoms with E-state index in [0.717, 1.165) is 56.1 Å². The molecule has 3 rings (SSSR count). The first-order chi connectivity index (χ1) is 14.5. The molecule has 0 N–H and O–H groups in total. The zero-order valence-electron chi connectivity index (χ0n) is 18.5. The van der Waals surface area contributed by atoms with Crippen LogP contribution in [0.5, 0.6) is 11.5 Å². The van der Waals surface area contributed by atoms with Gasteiger partial charge in [-0.3, -0.25) is 9.69 Å². The summed E-state index contributed by atoms with van der Waals surface area (Å²) in [5, 5.41) is 0. The van der Waals surface area contributed by atoms with Crippen LogP contribution in [0.25, 0.3) is 0 Å². The van der Waals surface area contributed by atoms with Crippen molar-refractivity contribution >= 4 is 5.91 Å². The van der Waals surface area contributed by atoms with E-state index < -0.39 is 0 Å². The van der Waals surface area contributed by atoms with Gasteiger partial charge < -0.3 is 14.4 Å². The summed E-state index contributed by atoms with van der Waals surface area (Å²) >= 11 is 0. The molecule has 2 aromatic carbocycles. The first-order valence-electron chi connectivity index (χ1n) is 11.0. The maximum absolute atomic E-state index is 12.1. The molecule has 1 heterocycles. The summed E-state index contributed by atoms with van der Waals surface area (Å²) in [7, 11) is 0. The zero-order chi connectivity index (χ0) is 21.3. The van der Waals surface area contributed by atoms with Crippen LogP contribution < -0.4 is 9.47 Å². The van der Waals surface area contributed by atoms with Crippen molar-refractivity contribution in [2.75, 3.05) is 26.2 Å². The molecule has 1 aliphatic heterocycles. The largest absolute Gasteiger partial charge is 0.492 e. The maximum Gasteiger partial charge on any atom is 0.219 e. The maximum atomic E-state index is 12.1. The molecule has 0 spiro atoms. The number of ether oxygens (including phenoxy) is 2. The van der Waals surface area contributed by atoms with Gasteiger partial charge in [-0.05, 0) is 57.0 Å². The van der Waals surface area contributed by atoms with Gasteiger partial charge in [-0.2, -0.15) is 0 Å². The standard InChI is InChI=1S/C25H34N2O3/c1-20(2)30-24-12-10-22(11-13-24)18-26-14-6-7-15-27(21(3)28)19-23-8-4-5-9-25(23)29-17-16-26/h4-5,8-13,20H,6-7,14-19H2,1-3H3. The number of hydrogen-bond donors (Lipinski definition) is 0. The van der Waals surface area contributed by atoms with Crippen LogP contribution in [0.15, 0.2) is 48.5 Å². The fourth-order valence-corrected chi connectivity index (χ4v) is 3.73. The molecule has 0 fully saturated rings. The van der Waals surface area contributed by atoms with Crippen LogP contribution in [0.1, 0.15) is 44.7 Å². The van der Waals surface area contributed by atoms with Crippen molar-refractivity contribution in [3.8, 4) is 11.5 Å². The summed E-state index contributed by atoms with van der Waals surface area (Å²) in [6, 6.07) is 16.4. The molecule has 162 valence electrons. The van der Waals surface area contributed by atoms with Crippen LogP contribution in [0.2, 0.25) is 0 Å². The van der Waals surface area contributed by atoms with Crippen LogP contribution >= 0.6 is 0 Å². The first-order valence-corrected chi connectivity index (χ1v) is 11.0. The molecule has 0 atom stereocenters. The lowest BCUT2D eigenvalue weighted by atomic mass is 10.1. The van der Waals surface area contributed by atoms with E-state index in [2.05, 4.69) is 23.1 Å². The summed E-state index contributed by atoms with van der Waals surface area (Å²) < 4.78 is 11.9. The van der Waals surface area contributed by atoms with Crippen molar-refractivity contribution in [3.05, 3.63) is 59.7 Å². The molecule has 1 aliphatic rings. The molecule has 0 saturated heterocycles. The van der Waals surface area contributed by atoms with Gasteiger partial charge in [0.15, 0.2) is 0 Å². The van der Waals surface area contributed by atoms with Gasteiger partial charge in [0.05, 0.1) is 6.10 Å². The van der Waals surface area contributed by atoms with Crippen molar-refractivity contribution in [2.24, 2.45) is 0 Å². The van der Waals surface area contributed by atoms with Gasteiger partial charge in [0, 0.05) is 38.7 Å². The molecule has 2 aromatic rings. The fourth-order valence-electron chi connectivity index (χ4n) is 3.73. The number of hydrogen-bond acceptors (Lipinski definition) is 4. The summed E-state index contributed by atoms with van der Waals surface area (Å²) in [4.78, 5) is 16.4. The lowest BCUT2D eigenvalue weighted by Gasteiger charge is -2.27. The lowest BCUT2D eigenvalue weighted by molar-refractivity contribution is -0.129. The van der Waals surface area contributed by atoms with Crippen molar-refractivity contribution in [1.82, 2.24) is 9.80 Å². The third-order valence-corrected chi connectivity index (χ3v) is 5.30. The van der Waals surface area contributed by atoms with Crippen LogP contribution in [0.3, 0.4) is 0 Å². The molecule has 0 saturated carbocycles. The van der Waals surface area contributed by atoms with E-state index in [1.807, 2.05) is 49.1 Å². The minimum atomic E-state index is 0.113. The number of fused-ring (bicyclic) bond motifs is 1. The number of amides is 1. The molecular formula is C25H34N2O3. The molecule has 5 nitrogen and oxygen atoms in total. The van der Waals surface area contributed by atoms with E-state index in [1.54, 1.807) is 6.92 Å². The van der Waals surface area contributed by atoms with E-state index in [1.165, 1.54) is 5.56 Å². The predicted octanol–water partition coefficient (Wildman–Crippen LogP) is 4.50. The third-order valence-electron chi connectivity index (χ3n) is 5.30. The molecule has 0 aliphatic carbocycles. The normalized spacial score (nSPS) is 16.2. The highest BCUT2D eigenvalue weighted by molar-refractivity contribution is 5.73. The number of para-hydroxylation sites is 1. The van der Waals surface area contributed by atoms with Gasteiger partial charge in [0.1, 0.15) is 18.1 Å². The highest BCUT2D eigenvalue weighted by Crippen LogP contribution is 2.21. The SMILES string of the molecule is CC(=O)N1CCCCN(Cc2ccc(OC(C)C)cc2)CCOc2ccccc2C1. The number of carbonyl (C=O) groups excluding carboxylic acids is 1. The molecule has 0 bridgehead atoms. The predicted molar refractivity (Wildman–Crippen MR) is 120 cm³/mol. The molecule has 0 radical (unpaired) electrons. The van der Waals surface area contributed by atoms with Gasteiger partial charge >= 0.3 is 0 Å². The van der Waals surface area contributed by atoms with E-state index in [0.29, 0.717) is 13.2 Å². The highest BCUT2D eigenvalue weighted by atomic mass is 16.5. The van der Waals surface area contributed by atoms with Crippen LogP contribution in [0, 0.1) is 0 Å². The van der Waals surface area contributed by atoms with Crippen LogP contribution in [-0.4, -0.2) is 48.1 Å². The Morgan fingerprint density at radius 2 is 1.77 bits per heavy atom. The molecule has 0 aromatic heterocycles. The van der Waals surface area contributed by atoms with Gasteiger partial charge in [0.2, 0.25) is 5.91 Å². The minimum Gasteiger partial charge on any atom is -0.492 e. The summed E-state index contributed by atoms with van der Waals surface area (Å²) in [6.45, 7) is 10.5. The Morgan fingerprint density at radius 1 is 1.03 bits per heavy atom. The number of benzene rings is 2. The fraction of sp³-hybridized carbons (Fsp3) is 0.480. The van der Waals surface area contributed by atoms with Gasteiger partial charge in [-0.15, -0.1) is 0 Å². The Morgan fingerprint density at radius 3 is 2.50 bits per heavy atom. The topological polar surface area (TPSA) is 42.0 Å². The monoisotopic (exact) mass is 410 g/mol. The van der Waals surface area contributed by atoms with Gasteiger partial charge in [0.25, 0.3) is 0 Å². The Bertz CT molecular complexity index is 804. The third kappa shape index (κ3) is 6.77. The van der Waals surface area contributed by atoms with Crippen molar-refractivity contribution in [2.45, 2.75) is 52.8 Å².